The number of hydrogen-bond donors (Lipinski definition) is 1. The van der Waals surface area contributed by atoms with Crippen molar-refractivity contribution in [1.29, 1.82) is 0 Å². The molecule has 3 fully saturated rings. The predicted molar refractivity (Wildman–Crippen MR) is 133 cm³/mol. The first-order valence-electron chi connectivity index (χ1n) is 12.6. The number of hydrogen-bond acceptors (Lipinski definition) is 7. The van der Waals surface area contributed by atoms with Crippen LogP contribution in [0.5, 0.6) is 0 Å². The fourth-order valence-electron chi connectivity index (χ4n) is 5.92. The summed E-state index contributed by atoms with van der Waals surface area (Å²) in [5, 5.41) is 9.52. The number of carbonyl (C=O) groups excluding carboxylic acids is 3. The Kier molecular flexibility index (Phi) is 5.80. The van der Waals surface area contributed by atoms with E-state index in [0.717, 1.165) is 22.5 Å². The van der Waals surface area contributed by atoms with Gasteiger partial charge in [-0.3, -0.25) is 14.6 Å². The number of amides is 3. The van der Waals surface area contributed by atoms with Gasteiger partial charge in [0.15, 0.2) is 5.60 Å². The molecule has 3 atom stereocenters. The van der Waals surface area contributed by atoms with Gasteiger partial charge in [0.05, 0.1) is 31.4 Å². The van der Waals surface area contributed by atoms with Gasteiger partial charge in [-0.2, -0.15) is 0 Å². The summed E-state index contributed by atoms with van der Waals surface area (Å²) in [6.45, 7) is 3.96. The van der Waals surface area contributed by atoms with Crippen LogP contribution in [0.4, 0.5) is 26.7 Å². The van der Waals surface area contributed by atoms with E-state index in [-0.39, 0.29) is 30.6 Å². The van der Waals surface area contributed by atoms with Crippen molar-refractivity contribution >= 4 is 35.2 Å². The van der Waals surface area contributed by atoms with Gasteiger partial charge in [0.2, 0.25) is 0 Å². The summed E-state index contributed by atoms with van der Waals surface area (Å²) in [4.78, 5) is 43.1. The van der Waals surface area contributed by atoms with E-state index in [1.807, 2.05) is 49.4 Å². The number of aliphatic hydroxyl groups excluding tert-OH is 1. The van der Waals surface area contributed by atoms with E-state index in [9.17, 15) is 19.5 Å². The van der Waals surface area contributed by atoms with Crippen molar-refractivity contribution in [1.82, 2.24) is 0 Å². The highest BCUT2D eigenvalue weighted by Gasteiger charge is 2.60. The number of ether oxygens (including phenoxy) is 3. The maximum absolute atomic E-state index is 14.1. The van der Waals surface area contributed by atoms with Gasteiger partial charge < -0.3 is 24.2 Å². The summed E-state index contributed by atoms with van der Waals surface area (Å²) < 4.78 is 16.6. The number of carbonyl (C=O) groups is 3. The normalized spacial score (nSPS) is 26.9. The molecule has 1 spiro atoms. The SMILES string of the molecule is C[C@@H]1C[C@H](CCO)O[C@@]12C(=O)N(Cc1ccc(N3CCOC3=O)cc1)c1ccc(N3CCOC3=O)cc12. The summed E-state index contributed by atoms with van der Waals surface area (Å²) in [6.07, 6.45) is 0.0943. The monoisotopic (exact) mass is 507 g/mol. The van der Waals surface area contributed by atoms with Gasteiger partial charge in [0.25, 0.3) is 5.91 Å². The van der Waals surface area contributed by atoms with Crippen molar-refractivity contribution in [2.24, 2.45) is 5.92 Å². The highest BCUT2D eigenvalue weighted by atomic mass is 16.6. The first-order chi connectivity index (χ1) is 17.9. The molecule has 0 unspecified atom stereocenters. The van der Waals surface area contributed by atoms with Crippen LogP contribution in [-0.2, 0) is 31.2 Å². The summed E-state index contributed by atoms with van der Waals surface area (Å²) in [6, 6.07) is 13.1. The van der Waals surface area contributed by atoms with Gasteiger partial charge in [-0.25, -0.2) is 9.59 Å². The molecule has 1 N–H and O–H groups in total. The van der Waals surface area contributed by atoms with Crippen LogP contribution in [0.15, 0.2) is 42.5 Å². The molecule has 10 heteroatoms. The van der Waals surface area contributed by atoms with Crippen molar-refractivity contribution in [3.8, 4) is 0 Å². The molecule has 10 nitrogen and oxygen atoms in total. The molecule has 37 heavy (non-hydrogen) atoms. The number of rotatable bonds is 6. The Balaban J connectivity index is 1.35. The molecule has 194 valence electrons. The highest BCUT2D eigenvalue weighted by Crippen LogP contribution is 2.54. The Morgan fingerprint density at radius 1 is 0.946 bits per heavy atom. The largest absolute Gasteiger partial charge is 0.447 e. The average Bonchev–Trinajstić information content (AvgIpc) is 3.64. The van der Waals surface area contributed by atoms with Crippen LogP contribution in [-0.4, -0.2) is 62.2 Å². The molecule has 4 heterocycles. The second kappa shape index (κ2) is 9.04. The second-order valence-electron chi connectivity index (χ2n) is 9.92. The second-order valence-corrected chi connectivity index (χ2v) is 9.92. The van der Waals surface area contributed by atoms with Crippen LogP contribution < -0.4 is 14.7 Å². The lowest BCUT2D eigenvalue weighted by Crippen LogP contribution is -2.43. The van der Waals surface area contributed by atoms with Gasteiger partial charge in [0.1, 0.15) is 13.2 Å². The summed E-state index contributed by atoms with van der Waals surface area (Å²) in [5.74, 6) is -0.270. The number of cyclic esters (lactones) is 2. The standard InChI is InChI=1S/C27H29N3O7/c1-17-14-21(8-11-31)37-27(17)22-15-20(29-10-13-36-26(29)34)6-7-23(22)30(24(27)32)16-18-2-4-19(5-3-18)28-9-12-35-25(28)33/h2-7,15,17,21,31H,8-14,16H2,1H3/t17-,21+,27+/m1/s1. The number of fused-ring (bicyclic) bond motifs is 2. The molecule has 4 aliphatic rings. The Labute approximate surface area is 214 Å². The Bertz CT molecular complexity index is 1250. The molecule has 0 aliphatic carbocycles. The minimum atomic E-state index is -1.19. The summed E-state index contributed by atoms with van der Waals surface area (Å²) >= 11 is 0. The molecule has 0 bridgehead atoms. The Hall–Kier alpha value is -3.63. The zero-order valence-corrected chi connectivity index (χ0v) is 20.6. The van der Waals surface area contributed by atoms with Crippen molar-refractivity contribution in [3.05, 3.63) is 53.6 Å². The summed E-state index contributed by atoms with van der Waals surface area (Å²) in [7, 11) is 0. The van der Waals surface area contributed by atoms with E-state index >= 15 is 0 Å². The zero-order valence-electron chi connectivity index (χ0n) is 20.6. The summed E-state index contributed by atoms with van der Waals surface area (Å²) in [5.41, 5.74) is 2.60. The fourth-order valence-corrected chi connectivity index (χ4v) is 5.92. The molecule has 3 saturated heterocycles. The van der Waals surface area contributed by atoms with Gasteiger partial charge >= 0.3 is 12.2 Å². The molecule has 0 radical (unpaired) electrons. The Morgan fingerprint density at radius 3 is 2.22 bits per heavy atom. The van der Waals surface area contributed by atoms with E-state index in [0.29, 0.717) is 51.4 Å². The lowest BCUT2D eigenvalue weighted by Gasteiger charge is -2.28. The lowest BCUT2D eigenvalue weighted by atomic mass is 9.82. The third kappa shape index (κ3) is 3.74. The number of aliphatic hydroxyl groups is 1. The van der Waals surface area contributed by atoms with E-state index in [4.69, 9.17) is 14.2 Å². The van der Waals surface area contributed by atoms with E-state index < -0.39 is 11.7 Å². The van der Waals surface area contributed by atoms with Crippen LogP contribution in [0.2, 0.25) is 0 Å². The topological polar surface area (TPSA) is 109 Å². The maximum Gasteiger partial charge on any atom is 0.414 e. The number of anilines is 3. The van der Waals surface area contributed by atoms with Crippen LogP contribution in [0.1, 0.15) is 30.9 Å². The van der Waals surface area contributed by atoms with Crippen molar-refractivity contribution in [2.75, 3.05) is 47.6 Å². The van der Waals surface area contributed by atoms with Crippen LogP contribution in [0.3, 0.4) is 0 Å². The predicted octanol–water partition coefficient (Wildman–Crippen LogP) is 3.15. The quantitative estimate of drug-likeness (QED) is 0.640. The van der Waals surface area contributed by atoms with E-state index in [2.05, 4.69) is 0 Å². The van der Waals surface area contributed by atoms with Crippen LogP contribution >= 0.6 is 0 Å². The fraction of sp³-hybridized carbons (Fsp3) is 0.444. The molecule has 4 aliphatic heterocycles. The first kappa shape index (κ1) is 23.7. The molecule has 0 saturated carbocycles. The molecule has 0 aromatic heterocycles. The third-order valence-electron chi connectivity index (χ3n) is 7.77. The first-order valence-corrected chi connectivity index (χ1v) is 12.6. The molecule has 3 amide bonds. The molecule has 6 rings (SSSR count). The van der Waals surface area contributed by atoms with Crippen molar-refractivity contribution in [3.63, 3.8) is 0 Å². The van der Waals surface area contributed by atoms with Gasteiger partial charge in [0, 0.05) is 29.5 Å². The van der Waals surface area contributed by atoms with Gasteiger partial charge in [-0.15, -0.1) is 0 Å². The molecule has 2 aromatic rings. The van der Waals surface area contributed by atoms with Crippen LogP contribution in [0.25, 0.3) is 0 Å². The minimum absolute atomic E-state index is 0.0191. The maximum atomic E-state index is 14.1. The zero-order chi connectivity index (χ0) is 25.7. The molecular weight excluding hydrogens is 478 g/mol. The molecule has 2 aromatic carbocycles. The number of nitrogens with zero attached hydrogens (tertiary/aromatic N) is 3. The van der Waals surface area contributed by atoms with Crippen molar-refractivity contribution < 1.29 is 33.7 Å². The van der Waals surface area contributed by atoms with Gasteiger partial charge in [-0.05, 0) is 48.7 Å². The number of benzene rings is 2. The Morgan fingerprint density at radius 2 is 1.59 bits per heavy atom. The van der Waals surface area contributed by atoms with Gasteiger partial charge in [-0.1, -0.05) is 19.1 Å². The minimum Gasteiger partial charge on any atom is -0.447 e. The van der Waals surface area contributed by atoms with Crippen LogP contribution in [0, 0.1) is 5.92 Å². The third-order valence-corrected chi connectivity index (χ3v) is 7.77. The van der Waals surface area contributed by atoms with E-state index in [1.54, 1.807) is 14.7 Å². The van der Waals surface area contributed by atoms with E-state index in [1.165, 1.54) is 0 Å². The average molecular weight is 508 g/mol. The van der Waals surface area contributed by atoms with Crippen molar-refractivity contribution in [2.45, 2.75) is 38.0 Å². The smallest absolute Gasteiger partial charge is 0.414 e. The molecular formula is C27H29N3O7. The highest BCUT2D eigenvalue weighted by molar-refractivity contribution is 6.08. The lowest BCUT2D eigenvalue weighted by molar-refractivity contribution is -0.146.